The fraction of sp³-hybridized carbons (Fsp3) is 0.391. The summed E-state index contributed by atoms with van der Waals surface area (Å²) in [5.74, 6) is 1.31. The van der Waals surface area contributed by atoms with E-state index in [1.807, 2.05) is 24.3 Å². The molecule has 1 amide bonds. The third kappa shape index (κ3) is 4.83. The maximum Gasteiger partial charge on any atom is 0.416 e. The summed E-state index contributed by atoms with van der Waals surface area (Å²) >= 11 is 0. The van der Waals surface area contributed by atoms with Gasteiger partial charge in [-0.05, 0) is 61.4 Å². The van der Waals surface area contributed by atoms with Gasteiger partial charge in [-0.25, -0.2) is 4.98 Å². The highest BCUT2D eigenvalue weighted by Gasteiger charge is 2.30. The van der Waals surface area contributed by atoms with Crippen molar-refractivity contribution in [1.29, 1.82) is 0 Å². The number of aromatic nitrogens is 2. The van der Waals surface area contributed by atoms with Crippen molar-refractivity contribution in [3.8, 4) is 0 Å². The van der Waals surface area contributed by atoms with E-state index in [9.17, 15) is 18.0 Å². The number of hydrogen-bond acceptors (Lipinski definition) is 2. The van der Waals surface area contributed by atoms with Crippen LogP contribution in [0.5, 0.6) is 0 Å². The maximum absolute atomic E-state index is 12.8. The van der Waals surface area contributed by atoms with E-state index in [2.05, 4.69) is 15.3 Å². The Morgan fingerprint density at radius 3 is 2.57 bits per heavy atom. The average molecular weight is 415 g/mol. The smallest absolute Gasteiger partial charge is 0.352 e. The summed E-state index contributed by atoms with van der Waals surface area (Å²) in [7, 11) is 0. The number of benzene rings is 2. The number of fused-ring (bicyclic) bond motifs is 1. The summed E-state index contributed by atoms with van der Waals surface area (Å²) in [5, 5.41) is 2.80. The van der Waals surface area contributed by atoms with Gasteiger partial charge in [0.05, 0.1) is 16.6 Å². The van der Waals surface area contributed by atoms with Gasteiger partial charge in [-0.15, -0.1) is 0 Å². The molecule has 0 bridgehead atoms. The highest BCUT2D eigenvalue weighted by molar-refractivity contribution is 5.78. The zero-order valence-electron chi connectivity index (χ0n) is 16.5. The predicted molar refractivity (Wildman–Crippen MR) is 109 cm³/mol. The molecular formula is C23H24F3N3O. The first-order chi connectivity index (χ1) is 14.4. The molecule has 0 atom stereocenters. The molecule has 1 fully saturated rings. The van der Waals surface area contributed by atoms with E-state index < -0.39 is 11.7 Å². The van der Waals surface area contributed by atoms with Gasteiger partial charge in [0.2, 0.25) is 5.91 Å². The van der Waals surface area contributed by atoms with Crippen molar-refractivity contribution >= 4 is 16.9 Å². The minimum Gasteiger partial charge on any atom is -0.352 e. The first kappa shape index (κ1) is 20.4. The fourth-order valence-electron chi connectivity index (χ4n) is 4.20. The maximum atomic E-state index is 12.8. The Balaban J connectivity index is 1.26. The average Bonchev–Trinajstić information content (AvgIpc) is 3.14. The van der Waals surface area contributed by atoms with E-state index >= 15 is 0 Å². The minimum atomic E-state index is -4.38. The Morgan fingerprint density at radius 2 is 1.83 bits per heavy atom. The van der Waals surface area contributed by atoms with Crippen LogP contribution in [0.2, 0.25) is 0 Å². The lowest BCUT2D eigenvalue weighted by Gasteiger charge is -2.27. The number of carbonyl (C=O) groups excluding carboxylic acids is 1. The van der Waals surface area contributed by atoms with E-state index in [0.717, 1.165) is 61.1 Å². The predicted octanol–water partition coefficient (Wildman–Crippen LogP) is 5.25. The number of nitrogens with one attached hydrogen (secondary N) is 2. The zero-order valence-corrected chi connectivity index (χ0v) is 16.5. The Labute approximate surface area is 172 Å². The van der Waals surface area contributed by atoms with Gasteiger partial charge in [-0.1, -0.05) is 24.3 Å². The molecule has 1 aromatic heterocycles. The van der Waals surface area contributed by atoms with Gasteiger partial charge in [0.1, 0.15) is 5.82 Å². The van der Waals surface area contributed by atoms with Crippen molar-refractivity contribution in [3.63, 3.8) is 0 Å². The number of rotatable bonds is 5. The van der Waals surface area contributed by atoms with Crippen LogP contribution < -0.4 is 5.32 Å². The number of hydrogen-bond donors (Lipinski definition) is 2. The third-order valence-corrected chi connectivity index (χ3v) is 5.86. The summed E-state index contributed by atoms with van der Waals surface area (Å²) in [6, 6.07) is 13.0. The second-order valence-corrected chi connectivity index (χ2v) is 8.04. The number of para-hydroxylation sites is 2. The van der Waals surface area contributed by atoms with Crippen molar-refractivity contribution in [2.24, 2.45) is 11.8 Å². The fourth-order valence-corrected chi connectivity index (χ4v) is 4.20. The van der Waals surface area contributed by atoms with Crippen LogP contribution in [0.3, 0.4) is 0 Å². The van der Waals surface area contributed by atoms with Crippen molar-refractivity contribution in [3.05, 3.63) is 65.5 Å². The normalized spacial score (nSPS) is 19.7. The molecule has 1 aliphatic carbocycles. The number of halogens is 3. The number of H-pyrrole nitrogens is 1. The molecule has 30 heavy (non-hydrogen) atoms. The summed E-state index contributed by atoms with van der Waals surface area (Å²) in [6.07, 6.45) is -0.0402. The minimum absolute atomic E-state index is 0.0744. The molecule has 2 aromatic carbocycles. The number of imidazole rings is 1. The molecule has 158 valence electrons. The van der Waals surface area contributed by atoms with E-state index in [1.54, 1.807) is 6.07 Å². The molecule has 0 spiro atoms. The van der Waals surface area contributed by atoms with Crippen LogP contribution in [-0.4, -0.2) is 15.9 Å². The first-order valence-corrected chi connectivity index (χ1v) is 10.3. The van der Waals surface area contributed by atoms with E-state index in [0.29, 0.717) is 11.5 Å². The van der Waals surface area contributed by atoms with Crippen LogP contribution in [0, 0.1) is 11.8 Å². The summed E-state index contributed by atoms with van der Waals surface area (Å²) in [4.78, 5) is 20.5. The number of amides is 1. The standard InChI is InChI=1S/C23H24F3N3O/c24-23(25,26)18-5-3-4-16(12-18)14-27-22(30)17-10-8-15(9-11-17)13-21-28-19-6-1-2-7-20(19)29-21/h1-7,12,15,17H,8-11,13-14H2,(H,27,30)(H,28,29)/t15-,17+. The van der Waals surface area contributed by atoms with Crippen molar-refractivity contribution in [2.75, 3.05) is 0 Å². The molecule has 1 heterocycles. The van der Waals surface area contributed by atoms with E-state index in [-0.39, 0.29) is 18.4 Å². The largest absolute Gasteiger partial charge is 0.416 e. The van der Waals surface area contributed by atoms with E-state index in [4.69, 9.17) is 0 Å². The molecule has 0 saturated heterocycles. The Bertz CT molecular complexity index is 987. The van der Waals surface area contributed by atoms with Crippen LogP contribution >= 0.6 is 0 Å². The van der Waals surface area contributed by atoms with Crippen molar-refractivity contribution in [1.82, 2.24) is 15.3 Å². The molecule has 4 nitrogen and oxygen atoms in total. The zero-order chi connectivity index (χ0) is 21.1. The number of nitrogens with zero attached hydrogens (tertiary/aromatic N) is 1. The highest BCUT2D eigenvalue weighted by atomic mass is 19.4. The Hall–Kier alpha value is -2.83. The molecule has 7 heteroatoms. The summed E-state index contributed by atoms with van der Waals surface area (Å²) in [6.45, 7) is 0.113. The lowest BCUT2D eigenvalue weighted by Crippen LogP contribution is -2.33. The van der Waals surface area contributed by atoms with Gasteiger partial charge in [0, 0.05) is 18.9 Å². The summed E-state index contributed by atoms with van der Waals surface area (Å²) in [5.41, 5.74) is 1.77. The molecule has 0 aliphatic heterocycles. The molecular weight excluding hydrogens is 391 g/mol. The lowest BCUT2D eigenvalue weighted by atomic mass is 9.80. The second kappa shape index (κ2) is 8.50. The second-order valence-electron chi connectivity index (χ2n) is 8.04. The number of alkyl halides is 3. The van der Waals surface area contributed by atoms with Crippen LogP contribution in [0.25, 0.3) is 11.0 Å². The molecule has 0 radical (unpaired) electrons. The number of carbonyl (C=O) groups is 1. The molecule has 0 unspecified atom stereocenters. The van der Waals surface area contributed by atoms with Gasteiger partial charge in [0.15, 0.2) is 0 Å². The topological polar surface area (TPSA) is 57.8 Å². The molecule has 3 aromatic rings. The SMILES string of the molecule is O=C(NCc1cccc(C(F)(F)F)c1)[C@H]1CC[C@@H](Cc2nc3ccccc3[nH]2)CC1. The quantitative estimate of drug-likeness (QED) is 0.598. The Kier molecular flexibility index (Phi) is 5.79. The van der Waals surface area contributed by atoms with E-state index in [1.165, 1.54) is 6.07 Å². The first-order valence-electron chi connectivity index (χ1n) is 10.3. The van der Waals surface area contributed by atoms with Crippen LogP contribution in [-0.2, 0) is 23.9 Å². The van der Waals surface area contributed by atoms with Gasteiger partial charge < -0.3 is 10.3 Å². The van der Waals surface area contributed by atoms with Crippen LogP contribution in [0.15, 0.2) is 48.5 Å². The summed E-state index contributed by atoms with van der Waals surface area (Å²) < 4.78 is 38.5. The monoisotopic (exact) mass is 415 g/mol. The highest BCUT2D eigenvalue weighted by Crippen LogP contribution is 2.32. The van der Waals surface area contributed by atoms with Gasteiger partial charge in [-0.2, -0.15) is 13.2 Å². The lowest BCUT2D eigenvalue weighted by molar-refractivity contribution is -0.137. The number of aromatic amines is 1. The van der Waals surface area contributed by atoms with Crippen LogP contribution in [0.4, 0.5) is 13.2 Å². The molecule has 1 aliphatic rings. The van der Waals surface area contributed by atoms with Gasteiger partial charge in [-0.3, -0.25) is 4.79 Å². The van der Waals surface area contributed by atoms with Crippen molar-refractivity contribution < 1.29 is 18.0 Å². The Morgan fingerprint density at radius 1 is 1.07 bits per heavy atom. The third-order valence-electron chi connectivity index (χ3n) is 5.86. The molecule has 4 rings (SSSR count). The van der Waals surface area contributed by atoms with Crippen molar-refractivity contribution in [2.45, 2.75) is 44.8 Å². The van der Waals surface area contributed by atoms with Gasteiger partial charge in [0.25, 0.3) is 0 Å². The van der Waals surface area contributed by atoms with Gasteiger partial charge >= 0.3 is 6.18 Å². The molecule has 1 saturated carbocycles. The van der Waals surface area contributed by atoms with Crippen LogP contribution in [0.1, 0.15) is 42.6 Å². The molecule has 2 N–H and O–H groups in total.